The Morgan fingerprint density at radius 3 is 2.54 bits per heavy atom. The first-order chi connectivity index (χ1) is 13.7. The van der Waals surface area contributed by atoms with Crippen molar-refractivity contribution in [3.05, 3.63) is 59.7 Å². The topological polar surface area (TPSA) is 86.9 Å². The Hall–Kier alpha value is -2.80. The number of imidazole rings is 1. The molecule has 0 saturated heterocycles. The second-order valence-electron chi connectivity index (χ2n) is 6.97. The van der Waals surface area contributed by atoms with Crippen molar-refractivity contribution < 1.29 is 9.59 Å². The monoisotopic (exact) mass is 394 g/mol. The predicted octanol–water partition coefficient (Wildman–Crippen LogP) is 3.81. The molecule has 0 unspecified atom stereocenters. The van der Waals surface area contributed by atoms with E-state index >= 15 is 0 Å². The number of aromatic nitrogens is 2. The molecule has 4 rings (SSSR count). The fraction of sp³-hybridized carbons (Fsp3) is 0.286. The lowest BCUT2D eigenvalue weighted by Crippen LogP contribution is -2.44. The molecule has 2 aromatic carbocycles. The molecule has 0 bridgehead atoms. The van der Waals surface area contributed by atoms with Crippen molar-refractivity contribution in [3.63, 3.8) is 0 Å². The molecule has 144 valence electrons. The zero-order chi connectivity index (χ0) is 19.3. The summed E-state index contributed by atoms with van der Waals surface area (Å²) in [7, 11) is 0. The lowest BCUT2D eigenvalue weighted by Gasteiger charge is -2.11. The van der Waals surface area contributed by atoms with Crippen LogP contribution in [0.2, 0.25) is 0 Å². The average Bonchev–Trinajstić information content (AvgIpc) is 3.40. The van der Waals surface area contributed by atoms with Gasteiger partial charge in [0.2, 0.25) is 5.91 Å². The number of benzene rings is 2. The van der Waals surface area contributed by atoms with Crippen LogP contribution in [-0.4, -0.2) is 21.8 Å². The lowest BCUT2D eigenvalue weighted by atomic mass is 10.1. The zero-order valence-corrected chi connectivity index (χ0v) is 16.2. The number of hydrogen-bond acceptors (Lipinski definition) is 4. The molecule has 0 spiro atoms. The van der Waals surface area contributed by atoms with Gasteiger partial charge in [0.15, 0.2) is 5.16 Å². The van der Waals surface area contributed by atoms with E-state index in [9.17, 15) is 9.59 Å². The molecule has 0 radical (unpaired) electrons. The minimum absolute atomic E-state index is 0.0259. The summed E-state index contributed by atoms with van der Waals surface area (Å²) in [6.45, 7) is 0. The van der Waals surface area contributed by atoms with Crippen molar-refractivity contribution in [3.8, 4) is 0 Å². The highest BCUT2D eigenvalue weighted by Gasteiger charge is 2.22. The number of rotatable bonds is 5. The van der Waals surface area contributed by atoms with E-state index in [4.69, 9.17) is 0 Å². The van der Waals surface area contributed by atoms with Crippen molar-refractivity contribution in [2.45, 2.75) is 36.6 Å². The number of nitrogens with zero attached hydrogens (tertiary/aromatic N) is 1. The first-order valence-corrected chi connectivity index (χ1v) is 10.4. The number of hydrazine groups is 1. The van der Waals surface area contributed by atoms with Crippen LogP contribution in [0.1, 0.15) is 41.6 Å². The van der Waals surface area contributed by atoms with Crippen molar-refractivity contribution in [1.82, 2.24) is 20.8 Å². The van der Waals surface area contributed by atoms with E-state index in [1.165, 1.54) is 0 Å². The van der Waals surface area contributed by atoms with Gasteiger partial charge >= 0.3 is 0 Å². The number of H-pyrrole nitrogens is 1. The molecule has 0 aliphatic heterocycles. The normalized spacial score (nSPS) is 14.3. The van der Waals surface area contributed by atoms with Crippen molar-refractivity contribution in [2.75, 3.05) is 0 Å². The summed E-state index contributed by atoms with van der Waals surface area (Å²) < 4.78 is 0. The SMILES string of the molecule is O=C(NNC(=O)C1CCCC1)c1ccc(CSc2nc3ccccc3[nH]2)cc1. The Morgan fingerprint density at radius 2 is 1.79 bits per heavy atom. The van der Waals surface area contributed by atoms with E-state index in [1.807, 2.05) is 36.4 Å². The highest BCUT2D eigenvalue weighted by molar-refractivity contribution is 7.98. The number of aromatic amines is 1. The smallest absolute Gasteiger partial charge is 0.269 e. The largest absolute Gasteiger partial charge is 0.333 e. The van der Waals surface area contributed by atoms with Crippen LogP contribution in [0.15, 0.2) is 53.7 Å². The lowest BCUT2D eigenvalue weighted by molar-refractivity contribution is -0.125. The molecule has 1 aliphatic carbocycles. The highest BCUT2D eigenvalue weighted by atomic mass is 32.2. The van der Waals surface area contributed by atoms with E-state index in [-0.39, 0.29) is 17.7 Å². The molecule has 1 saturated carbocycles. The molecule has 3 N–H and O–H groups in total. The summed E-state index contributed by atoms with van der Waals surface area (Å²) in [5.41, 5.74) is 8.64. The summed E-state index contributed by atoms with van der Waals surface area (Å²) in [5.74, 6) is 0.380. The molecule has 1 heterocycles. The van der Waals surface area contributed by atoms with Gasteiger partial charge in [0.25, 0.3) is 5.91 Å². The van der Waals surface area contributed by atoms with Crippen LogP contribution in [-0.2, 0) is 10.5 Å². The Labute approximate surface area is 167 Å². The summed E-state index contributed by atoms with van der Waals surface area (Å²) in [6, 6.07) is 15.3. The second-order valence-corrected chi connectivity index (χ2v) is 7.93. The maximum absolute atomic E-state index is 12.2. The van der Waals surface area contributed by atoms with Crippen molar-refractivity contribution >= 4 is 34.6 Å². The number of thioether (sulfide) groups is 1. The molecule has 1 fully saturated rings. The maximum atomic E-state index is 12.2. The molecule has 28 heavy (non-hydrogen) atoms. The number of carbonyl (C=O) groups is 2. The number of nitrogens with one attached hydrogen (secondary N) is 3. The predicted molar refractivity (Wildman–Crippen MR) is 110 cm³/mol. The Kier molecular flexibility index (Phi) is 5.62. The molecule has 0 atom stereocenters. The number of fused-ring (bicyclic) bond motifs is 1. The van der Waals surface area contributed by atoms with Gasteiger partial charge in [0.05, 0.1) is 11.0 Å². The van der Waals surface area contributed by atoms with Crippen LogP contribution in [0.5, 0.6) is 0 Å². The maximum Gasteiger partial charge on any atom is 0.269 e. The Bertz CT molecular complexity index is 944. The number of amides is 2. The minimum atomic E-state index is -0.303. The first kappa shape index (κ1) is 18.6. The van der Waals surface area contributed by atoms with Crippen molar-refractivity contribution in [2.24, 2.45) is 5.92 Å². The number of hydrogen-bond donors (Lipinski definition) is 3. The van der Waals surface area contributed by atoms with Gasteiger partial charge in [-0.2, -0.15) is 0 Å². The van der Waals surface area contributed by atoms with Crippen LogP contribution in [0, 0.1) is 5.92 Å². The van der Waals surface area contributed by atoms with E-state index in [0.717, 1.165) is 53.2 Å². The van der Waals surface area contributed by atoms with E-state index < -0.39 is 0 Å². The fourth-order valence-electron chi connectivity index (χ4n) is 3.38. The third kappa shape index (κ3) is 4.36. The van der Waals surface area contributed by atoms with Crippen LogP contribution < -0.4 is 10.9 Å². The van der Waals surface area contributed by atoms with Crippen LogP contribution in [0.25, 0.3) is 11.0 Å². The summed E-state index contributed by atoms with van der Waals surface area (Å²) >= 11 is 1.62. The molecule has 3 aromatic rings. The minimum Gasteiger partial charge on any atom is -0.333 e. The van der Waals surface area contributed by atoms with Crippen LogP contribution in [0.3, 0.4) is 0 Å². The standard InChI is InChI=1S/C21H22N4O2S/c26-19(15-5-1-2-6-15)24-25-20(27)16-11-9-14(10-12-16)13-28-21-22-17-7-3-4-8-18(17)23-21/h3-4,7-12,15H,1-2,5-6,13H2,(H,22,23)(H,24,26)(H,25,27). The first-order valence-electron chi connectivity index (χ1n) is 9.46. The Morgan fingerprint density at radius 1 is 1.04 bits per heavy atom. The average molecular weight is 395 g/mol. The second kappa shape index (κ2) is 8.48. The van der Waals surface area contributed by atoms with E-state index in [0.29, 0.717) is 5.56 Å². The molecular weight excluding hydrogens is 372 g/mol. The molecule has 1 aromatic heterocycles. The van der Waals surface area contributed by atoms with E-state index in [1.54, 1.807) is 23.9 Å². The van der Waals surface area contributed by atoms with Gasteiger partial charge in [-0.25, -0.2) is 4.98 Å². The third-order valence-corrected chi connectivity index (χ3v) is 5.93. The molecular formula is C21H22N4O2S. The van der Waals surface area contributed by atoms with Gasteiger partial charge in [-0.15, -0.1) is 0 Å². The molecule has 7 heteroatoms. The van der Waals surface area contributed by atoms with Crippen molar-refractivity contribution in [1.29, 1.82) is 0 Å². The number of carbonyl (C=O) groups excluding carboxylic acids is 2. The van der Waals surface area contributed by atoms with Crippen LogP contribution >= 0.6 is 11.8 Å². The molecule has 1 aliphatic rings. The quantitative estimate of drug-likeness (QED) is 0.454. The number of para-hydroxylation sites is 2. The van der Waals surface area contributed by atoms with Crippen LogP contribution in [0.4, 0.5) is 0 Å². The molecule has 2 amide bonds. The van der Waals surface area contributed by atoms with E-state index in [2.05, 4.69) is 20.8 Å². The van der Waals surface area contributed by atoms with Gasteiger partial charge in [-0.1, -0.05) is 48.9 Å². The third-order valence-electron chi connectivity index (χ3n) is 4.98. The van der Waals surface area contributed by atoms with Gasteiger partial charge in [0.1, 0.15) is 0 Å². The summed E-state index contributed by atoms with van der Waals surface area (Å²) in [4.78, 5) is 32.0. The molecule has 6 nitrogen and oxygen atoms in total. The Balaban J connectivity index is 1.29. The summed E-state index contributed by atoms with van der Waals surface area (Å²) in [6.07, 6.45) is 3.97. The van der Waals surface area contributed by atoms with Gasteiger partial charge in [-0.3, -0.25) is 20.4 Å². The zero-order valence-electron chi connectivity index (χ0n) is 15.4. The van der Waals surface area contributed by atoms with Gasteiger partial charge in [0, 0.05) is 17.2 Å². The van der Waals surface area contributed by atoms with Gasteiger partial charge in [-0.05, 0) is 42.7 Å². The summed E-state index contributed by atoms with van der Waals surface area (Å²) in [5, 5.41) is 0.873. The fourth-order valence-corrected chi connectivity index (χ4v) is 4.22. The highest BCUT2D eigenvalue weighted by Crippen LogP contribution is 2.25. The van der Waals surface area contributed by atoms with Gasteiger partial charge < -0.3 is 4.98 Å².